The van der Waals surface area contributed by atoms with Crippen molar-refractivity contribution in [3.8, 4) is 0 Å². The third kappa shape index (κ3) is 2.79. The molecule has 26 heavy (non-hydrogen) atoms. The van der Waals surface area contributed by atoms with Crippen LogP contribution in [0.1, 0.15) is 22.4 Å². The molecular formula is C20H20N6. The molecule has 4 aromatic rings. The highest BCUT2D eigenvalue weighted by Crippen LogP contribution is 2.21. The Morgan fingerprint density at radius 2 is 1.62 bits per heavy atom. The molecule has 1 N–H and O–H groups in total. The van der Waals surface area contributed by atoms with Gasteiger partial charge in [-0.3, -0.25) is 15.4 Å². The molecule has 4 rings (SSSR count). The van der Waals surface area contributed by atoms with Gasteiger partial charge in [-0.25, -0.2) is 4.98 Å². The van der Waals surface area contributed by atoms with E-state index in [2.05, 4.69) is 39.4 Å². The molecule has 6 heteroatoms. The molecule has 0 fully saturated rings. The van der Waals surface area contributed by atoms with E-state index < -0.39 is 0 Å². The van der Waals surface area contributed by atoms with E-state index in [0.29, 0.717) is 18.6 Å². The molecule has 0 aliphatic rings. The summed E-state index contributed by atoms with van der Waals surface area (Å²) in [6.07, 6.45) is 8.96. The average Bonchev–Trinajstić information content (AvgIpc) is 2.91. The summed E-state index contributed by atoms with van der Waals surface area (Å²) in [4.78, 5) is 13.0. The van der Waals surface area contributed by atoms with E-state index in [1.807, 2.05) is 35.2 Å². The van der Waals surface area contributed by atoms with Crippen molar-refractivity contribution < 1.29 is 0 Å². The van der Waals surface area contributed by atoms with Gasteiger partial charge >= 0.3 is 0 Å². The lowest BCUT2D eigenvalue weighted by atomic mass is 10.2. The molecule has 0 saturated heterocycles. The highest BCUT2D eigenvalue weighted by molar-refractivity contribution is 5.80. The van der Waals surface area contributed by atoms with E-state index >= 15 is 0 Å². The maximum atomic E-state index is 8.70. The van der Waals surface area contributed by atoms with Crippen molar-refractivity contribution in [2.75, 3.05) is 0 Å². The van der Waals surface area contributed by atoms with Crippen molar-refractivity contribution in [3.63, 3.8) is 0 Å². The first kappa shape index (κ1) is 16.2. The maximum Gasteiger partial charge on any atom is 0.146 e. The minimum atomic E-state index is 0.476. The molecule has 0 amide bonds. The number of fused-ring (bicyclic) bond motifs is 1. The number of aromatic nitrogens is 5. The van der Waals surface area contributed by atoms with E-state index in [0.717, 1.165) is 33.4 Å². The van der Waals surface area contributed by atoms with Gasteiger partial charge in [-0.15, -0.1) is 0 Å². The second-order valence-electron chi connectivity index (χ2n) is 6.44. The summed E-state index contributed by atoms with van der Waals surface area (Å²) >= 11 is 0. The summed E-state index contributed by atoms with van der Waals surface area (Å²) in [5.41, 5.74) is 5.72. The molecule has 0 unspecified atom stereocenters. The van der Waals surface area contributed by atoms with E-state index in [1.165, 1.54) is 0 Å². The number of nitrogens with one attached hydrogen (secondary N) is 1. The zero-order valence-corrected chi connectivity index (χ0v) is 14.8. The standard InChI is InChI=1S/C20H20N6/c1-14-15(2)26(12-17-6-4-8-23-10-17)20-18(14)19(21)25(13-24-20)11-16-5-3-7-22-9-16/h3-10,13,21H,11-12H2,1-2H3. The molecule has 4 aromatic heterocycles. The van der Waals surface area contributed by atoms with Crippen LogP contribution in [0.25, 0.3) is 11.0 Å². The Hall–Kier alpha value is -3.28. The molecule has 0 spiro atoms. The monoisotopic (exact) mass is 344 g/mol. The van der Waals surface area contributed by atoms with Crippen molar-refractivity contribution in [2.24, 2.45) is 0 Å². The predicted molar refractivity (Wildman–Crippen MR) is 99.7 cm³/mol. The van der Waals surface area contributed by atoms with Crippen molar-refractivity contribution >= 4 is 11.0 Å². The molecule has 0 saturated carbocycles. The summed E-state index contributed by atoms with van der Waals surface area (Å²) in [6, 6.07) is 7.91. The summed E-state index contributed by atoms with van der Waals surface area (Å²) in [5.74, 6) is 0. The van der Waals surface area contributed by atoms with Crippen LogP contribution >= 0.6 is 0 Å². The fourth-order valence-corrected chi connectivity index (χ4v) is 3.26. The Morgan fingerprint density at radius 3 is 2.23 bits per heavy atom. The summed E-state index contributed by atoms with van der Waals surface area (Å²) < 4.78 is 4.02. The van der Waals surface area contributed by atoms with Crippen LogP contribution in [-0.2, 0) is 13.1 Å². The molecule has 0 aliphatic heterocycles. The summed E-state index contributed by atoms with van der Waals surface area (Å²) in [6.45, 7) is 5.43. The van der Waals surface area contributed by atoms with E-state index in [4.69, 9.17) is 5.41 Å². The number of hydrogen-bond acceptors (Lipinski definition) is 4. The molecule has 6 nitrogen and oxygen atoms in total. The van der Waals surface area contributed by atoms with E-state index in [1.54, 1.807) is 18.7 Å². The molecule has 0 aromatic carbocycles. The first-order valence-corrected chi connectivity index (χ1v) is 8.52. The number of rotatable bonds is 4. The van der Waals surface area contributed by atoms with Crippen LogP contribution in [0.5, 0.6) is 0 Å². The zero-order valence-electron chi connectivity index (χ0n) is 14.8. The van der Waals surface area contributed by atoms with Crippen molar-refractivity contribution in [1.29, 1.82) is 5.41 Å². The van der Waals surface area contributed by atoms with Gasteiger partial charge < -0.3 is 9.13 Å². The van der Waals surface area contributed by atoms with Gasteiger partial charge in [0.2, 0.25) is 0 Å². The fourth-order valence-electron chi connectivity index (χ4n) is 3.26. The quantitative estimate of drug-likeness (QED) is 0.619. The topological polar surface area (TPSA) is 72.4 Å². The minimum absolute atomic E-state index is 0.476. The lowest BCUT2D eigenvalue weighted by Crippen LogP contribution is -2.22. The third-order valence-corrected chi connectivity index (χ3v) is 4.78. The van der Waals surface area contributed by atoms with Gasteiger partial charge in [0.05, 0.1) is 24.8 Å². The summed E-state index contributed by atoms with van der Waals surface area (Å²) in [7, 11) is 0. The Bertz CT molecular complexity index is 1110. The van der Waals surface area contributed by atoms with E-state index in [9.17, 15) is 0 Å². The Morgan fingerprint density at radius 1 is 0.962 bits per heavy atom. The van der Waals surface area contributed by atoms with Crippen molar-refractivity contribution in [3.05, 3.63) is 83.3 Å². The van der Waals surface area contributed by atoms with Crippen LogP contribution in [0.3, 0.4) is 0 Å². The largest absolute Gasteiger partial charge is 0.325 e. The number of hydrogen-bond donors (Lipinski definition) is 1. The van der Waals surface area contributed by atoms with Gasteiger partial charge in [-0.1, -0.05) is 12.1 Å². The molecule has 4 heterocycles. The predicted octanol–water partition coefficient (Wildman–Crippen LogP) is 2.82. The van der Waals surface area contributed by atoms with Crippen LogP contribution in [0.4, 0.5) is 0 Å². The molecular weight excluding hydrogens is 324 g/mol. The Labute approximate surface area is 151 Å². The second-order valence-corrected chi connectivity index (χ2v) is 6.44. The first-order valence-electron chi connectivity index (χ1n) is 8.52. The van der Waals surface area contributed by atoms with Gasteiger partial charge in [0.25, 0.3) is 0 Å². The van der Waals surface area contributed by atoms with E-state index in [-0.39, 0.29) is 0 Å². The SMILES string of the molecule is Cc1c(C)n(Cc2cccnc2)c2ncn(Cc3cccnc3)c(=N)c12. The second kappa shape index (κ2) is 6.55. The van der Waals surface area contributed by atoms with Gasteiger partial charge in [-0.2, -0.15) is 0 Å². The Kier molecular flexibility index (Phi) is 4.08. The highest BCUT2D eigenvalue weighted by atomic mass is 15.1. The van der Waals surface area contributed by atoms with Crippen LogP contribution < -0.4 is 5.49 Å². The minimum Gasteiger partial charge on any atom is -0.325 e. The highest BCUT2D eigenvalue weighted by Gasteiger charge is 2.15. The Balaban J connectivity index is 1.81. The van der Waals surface area contributed by atoms with Crippen molar-refractivity contribution in [2.45, 2.75) is 26.9 Å². The average molecular weight is 344 g/mol. The molecule has 0 bridgehead atoms. The van der Waals surface area contributed by atoms with Gasteiger partial charge in [0, 0.05) is 30.5 Å². The first-order chi connectivity index (χ1) is 12.6. The van der Waals surface area contributed by atoms with Gasteiger partial charge in [0.15, 0.2) is 0 Å². The van der Waals surface area contributed by atoms with Crippen LogP contribution in [-0.4, -0.2) is 24.1 Å². The van der Waals surface area contributed by atoms with Crippen LogP contribution in [0.15, 0.2) is 55.4 Å². The van der Waals surface area contributed by atoms with Gasteiger partial charge in [0.1, 0.15) is 11.1 Å². The van der Waals surface area contributed by atoms with Crippen molar-refractivity contribution in [1.82, 2.24) is 24.1 Å². The summed E-state index contributed by atoms with van der Waals surface area (Å²) in [5, 5.41) is 9.60. The smallest absolute Gasteiger partial charge is 0.146 e. The number of pyridine rings is 2. The number of aryl methyl sites for hydroxylation is 1. The van der Waals surface area contributed by atoms with Crippen LogP contribution in [0.2, 0.25) is 0 Å². The lowest BCUT2D eigenvalue weighted by molar-refractivity contribution is 0.713. The normalized spacial score (nSPS) is 11.2. The van der Waals surface area contributed by atoms with Crippen LogP contribution in [0, 0.1) is 19.3 Å². The number of nitrogens with zero attached hydrogens (tertiary/aromatic N) is 5. The molecule has 130 valence electrons. The lowest BCUT2D eigenvalue weighted by Gasteiger charge is -2.09. The van der Waals surface area contributed by atoms with Gasteiger partial charge in [-0.05, 0) is 42.7 Å². The molecule has 0 aliphatic carbocycles. The maximum absolute atomic E-state index is 8.70. The zero-order chi connectivity index (χ0) is 18.1. The molecule has 0 radical (unpaired) electrons. The third-order valence-electron chi connectivity index (χ3n) is 4.78. The molecule has 0 atom stereocenters. The fraction of sp³-hybridized carbons (Fsp3) is 0.200.